The summed E-state index contributed by atoms with van der Waals surface area (Å²) in [6.07, 6.45) is 1.30. The van der Waals surface area contributed by atoms with E-state index in [0.717, 1.165) is 12.1 Å². The van der Waals surface area contributed by atoms with Crippen molar-refractivity contribution in [2.45, 2.75) is 58.9 Å². The Balaban J connectivity index is 2.35. The Bertz CT molecular complexity index is 686. The summed E-state index contributed by atoms with van der Waals surface area (Å²) < 4.78 is 25.3. The third-order valence-corrected chi connectivity index (χ3v) is 6.12. The van der Waals surface area contributed by atoms with E-state index in [-0.39, 0.29) is 34.8 Å². The Hall–Kier alpha value is -1.37. The lowest BCUT2D eigenvalue weighted by molar-refractivity contribution is -0.119. The maximum Gasteiger partial charge on any atom is 0.228 e. The van der Waals surface area contributed by atoms with Crippen LogP contribution in [0.25, 0.3) is 0 Å². The van der Waals surface area contributed by atoms with Crippen LogP contribution in [0, 0.1) is 5.92 Å². The van der Waals surface area contributed by atoms with E-state index in [1.807, 2.05) is 40.7 Å². The van der Waals surface area contributed by atoms with Gasteiger partial charge in [0.1, 0.15) is 5.82 Å². The summed E-state index contributed by atoms with van der Waals surface area (Å²) >= 11 is 0. The van der Waals surface area contributed by atoms with Crippen LogP contribution in [-0.2, 0) is 20.0 Å². The molecule has 1 aliphatic rings. The van der Waals surface area contributed by atoms with Gasteiger partial charge in [-0.15, -0.1) is 0 Å². The van der Waals surface area contributed by atoms with Crippen molar-refractivity contribution in [3.8, 4) is 0 Å². The van der Waals surface area contributed by atoms with Crippen LogP contribution in [0.3, 0.4) is 0 Å². The number of rotatable bonds is 4. The number of anilines is 1. The highest BCUT2D eigenvalue weighted by Gasteiger charge is 2.33. The minimum absolute atomic E-state index is 0.0602. The van der Waals surface area contributed by atoms with Crippen LogP contribution in [0.4, 0.5) is 5.82 Å². The fourth-order valence-corrected chi connectivity index (χ4v) is 4.23. The Morgan fingerprint density at radius 1 is 1.48 bits per heavy atom. The zero-order valence-electron chi connectivity index (χ0n) is 14.6. The predicted octanol–water partition coefficient (Wildman–Crippen LogP) is 2.52. The van der Waals surface area contributed by atoms with E-state index in [1.165, 1.54) is 0 Å². The van der Waals surface area contributed by atoms with E-state index in [4.69, 9.17) is 0 Å². The van der Waals surface area contributed by atoms with Gasteiger partial charge in [0.25, 0.3) is 0 Å². The molecule has 23 heavy (non-hydrogen) atoms. The Morgan fingerprint density at radius 3 is 2.61 bits per heavy atom. The minimum Gasteiger partial charge on any atom is -0.311 e. The standard InChI is InChI=1S/C16H27N3O3S/c1-6-11(2)15(20)17-14-9-13(16(3,4)5)18-19(14)12-7-8-23(21,22)10-12/h9,11-12H,6-8,10H2,1-5H3,(H,17,20)/t11-,12-/m0/s1. The first-order valence-electron chi connectivity index (χ1n) is 8.15. The largest absolute Gasteiger partial charge is 0.311 e. The second-order valence-corrected chi connectivity index (χ2v) is 9.69. The van der Waals surface area contributed by atoms with Gasteiger partial charge >= 0.3 is 0 Å². The molecule has 6 nitrogen and oxygen atoms in total. The minimum atomic E-state index is -3.01. The van der Waals surface area contributed by atoms with Gasteiger partial charge in [-0.2, -0.15) is 5.10 Å². The van der Waals surface area contributed by atoms with Crippen molar-refractivity contribution in [1.82, 2.24) is 9.78 Å². The van der Waals surface area contributed by atoms with E-state index in [2.05, 4.69) is 10.4 Å². The van der Waals surface area contributed by atoms with Gasteiger partial charge in [0.2, 0.25) is 5.91 Å². The second-order valence-electron chi connectivity index (χ2n) is 7.46. The maximum atomic E-state index is 12.2. The number of carbonyl (C=O) groups excluding carboxylic acids is 1. The molecule has 1 fully saturated rings. The topological polar surface area (TPSA) is 81.1 Å². The molecule has 0 aliphatic carbocycles. The molecule has 0 bridgehead atoms. The van der Waals surface area contributed by atoms with Crippen LogP contribution in [0.5, 0.6) is 0 Å². The fourth-order valence-electron chi connectivity index (χ4n) is 2.54. The molecule has 0 saturated carbocycles. The van der Waals surface area contributed by atoms with Crippen molar-refractivity contribution in [2.75, 3.05) is 16.8 Å². The number of carbonyl (C=O) groups is 1. The summed E-state index contributed by atoms with van der Waals surface area (Å²) in [4.78, 5) is 12.2. The lowest BCUT2D eigenvalue weighted by Gasteiger charge is -2.16. The van der Waals surface area contributed by atoms with E-state index in [1.54, 1.807) is 4.68 Å². The molecule has 1 aromatic heterocycles. The van der Waals surface area contributed by atoms with Crippen molar-refractivity contribution in [1.29, 1.82) is 0 Å². The van der Waals surface area contributed by atoms with E-state index in [9.17, 15) is 13.2 Å². The molecule has 130 valence electrons. The number of sulfone groups is 1. The average molecular weight is 341 g/mol. The van der Waals surface area contributed by atoms with Crippen molar-refractivity contribution in [3.63, 3.8) is 0 Å². The zero-order valence-corrected chi connectivity index (χ0v) is 15.4. The first kappa shape index (κ1) is 18.0. The first-order valence-corrected chi connectivity index (χ1v) is 9.97. The molecule has 7 heteroatoms. The van der Waals surface area contributed by atoms with Gasteiger partial charge in [-0.3, -0.25) is 4.79 Å². The van der Waals surface area contributed by atoms with Crippen molar-refractivity contribution in [2.24, 2.45) is 5.92 Å². The summed E-state index contributed by atoms with van der Waals surface area (Å²) in [6, 6.07) is 1.66. The number of nitrogens with one attached hydrogen (secondary N) is 1. The molecule has 2 atom stereocenters. The van der Waals surface area contributed by atoms with Gasteiger partial charge in [-0.05, 0) is 12.8 Å². The van der Waals surface area contributed by atoms with Gasteiger partial charge in [-0.25, -0.2) is 13.1 Å². The van der Waals surface area contributed by atoms with E-state index in [0.29, 0.717) is 12.2 Å². The Morgan fingerprint density at radius 2 is 2.13 bits per heavy atom. The molecular weight excluding hydrogens is 314 g/mol. The average Bonchev–Trinajstić information content (AvgIpc) is 3.00. The molecule has 2 rings (SSSR count). The van der Waals surface area contributed by atoms with Crippen LogP contribution < -0.4 is 5.32 Å². The molecular formula is C16H27N3O3S. The summed E-state index contributed by atoms with van der Waals surface area (Å²) in [5, 5.41) is 7.53. The Kier molecular flexibility index (Phi) is 4.89. The first-order chi connectivity index (χ1) is 10.5. The lowest BCUT2D eigenvalue weighted by atomic mass is 9.92. The van der Waals surface area contributed by atoms with Gasteiger partial charge in [0.15, 0.2) is 9.84 Å². The summed E-state index contributed by atoms with van der Waals surface area (Å²) in [7, 11) is -3.01. The number of hydrogen-bond donors (Lipinski definition) is 1. The van der Waals surface area contributed by atoms with Crippen molar-refractivity contribution < 1.29 is 13.2 Å². The van der Waals surface area contributed by atoms with Gasteiger partial charge in [-0.1, -0.05) is 34.6 Å². The number of aromatic nitrogens is 2. The van der Waals surface area contributed by atoms with Crippen LogP contribution in [-0.4, -0.2) is 35.6 Å². The molecule has 1 aromatic rings. The lowest BCUT2D eigenvalue weighted by Crippen LogP contribution is -2.23. The molecule has 0 spiro atoms. The smallest absolute Gasteiger partial charge is 0.228 e. The number of amides is 1. The molecule has 2 heterocycles. The highest BCUT2D eigenvalue weighted by Crippen LogP contribution is 2.31. The second kappa shape index (κ2) is 6.26. The third-order valence-electron chi connectivity index (χ3n) is 4.37. The zero-order chi connectivity index (χ0) is 17.4. The van der Waals surface area contributed by atoms with E-state index >= 15 is 0 Å². The number of nitrogens with zero attached hydrogens (tertiary/aromatic N) is 2. The van der Waals surface area contributed by atoms with Crippen LogP contribution in [0.1, 0.15) is 59.2 Å². The normalized spacial score (nSPS) is 22.0. The predicted molar refractivity (Wildman–Crippen MR) is 91.3 cm³/mol. The number of hydrogen-bond acceptors (Lipinski definition) is 4. The third kappa shape index (κ3) is 4.13. The molecule has 0 unspecified atom stereocenters. The molecule has 1 aliphatic heterocycles. The van der Waals surface area contributed by atoms with Crippen molar-refractivity contribution >= 4 is 21.6 Å². The highest BCUT2D eigenvalue weighted by atomic mass is 32.2. The van der Waals surface area contributed by atoms with Crippen LogP contribution in [0.2, 0.25) is 0 Å². The van der Waals surface area contributed by atoms with Crippen LogP contribution >= 0.6 is 0 Å². The van der Waals surface area contributed by atoms with Gasteiger partial charge in [0.05, 0.1) is 23.2 Å². The van der Waals surface area contributed by atoms with E-state index < -0.39 is 9.84 Å². The molecule has 1 saturated heterocycles. The maximum absolute atomic E-state index is 12.2. The molecule has 1 amide bonds. The summed E-state index contributed by atoms with van der Waals surface area (Å²) in [5.74, 6) is 0.715. The molecule has 0 aromatic carbocycles. The quantitative estimate of drug-likeness (QED) is 0.912. The summed E-state index contributed by atoms with van der Waals surface area (Å²) in [6.45, 7) is 9.98. The monoisotopic (exact) mass is 341 g/mol. The summed E-state index contributed by atoms with van der Waals surface area (Å²) in [5.41, 5.74) is 0.680. The van der Waals surface area contributed by atoms with Crippen molar-refractivity contribution in [3.05, 3.63) is 11.8 Å². The molecule has 1 N–H and O–H groups in total. The Labute approximate surface area is 138 Å². The highest BCUT2D eigenvalue weighted by molar-refractivity contribution is 7.91. The van der Waals surface area contributed by atoms with Gasteiger partial charge < -0.3 is 5.32 Å². The van der Waals surface area contributed by atoms with Crippen LogP contribution in [0.15, 0.2) is 6.07 Å². The fraction of sp³-hybridized carbons (Fsp3) is 0.750. The van der Waals surface area contributed by atoms with Gasteiger partial charge in [0, 0.05) is 17.4 Å². The molecule has 0 radical (unpaired) electrons. The SMILES string of the molecule is CC[C@H](C)C(=O)Nc1cc(C(C)(C)C)nn1[C@H]1CCS(=O)(=O)C1.